The van der Waals surface area contributed by atoms with Gasteiger partial charge in [0.15, 0.2) is 0 Å². The Balaban J connectivity index is 1.73. The molecule has 1 aliphatic heterocycles. The van der Waals surface area contributed by atoms with Gasteiger partial charge in [-0.15, -0.1) is 0 Å². The minimum absolute atomic E-state index is 0.183. The molecule has 1 saturated heterocycles. The second-order valence-electron chi connectivity index (χ2n) is 5.37. The van der Waals surface area contributed by atoms with Crippen LogP contribution in [0.4, 0.5) is 0 Å². The zero-order chi connectivity index (χ0) is 14.4. The van der Waals surface area contributed by atoms with Crippen LogP contribution in [0, 0.1) is 6.92 Å². The molecule has 0 N–H and O–H groups in total. The zero-order valence-electron chi connectivity index (χ0n) is 12.5. The van der Waals surface area contributed by atoms with E-state index in [9.17, 15) is 4.79 Å². The first-order chi connectivity index (χ1) is 9.65. The number of ether oxygens (including phenoxy) is 1. The zero-order valence-corrected chi connectivity index (χ0v) is 12.5. The highest BCUT2D eigenvalue weighted by atomic mass is 16.5. The lowest BCUT2D eigenvalue weighted by molar-refractivity contribution is -0.128. The molecule has 1 heterocycles. The molecule has 0 aliphatic carbocycles. The van der Waals surface area contributed by atoms with Crippen molar-refractivity contribution in [3.8, 4) is 5.75 Å². The molecule has 1 fully saturated rings. The van der Waals surface area contributed by atoms with E-state index in [1.807, 2.05) is 17.0 Å². The number of carbonyl (C=O) groups is 1. The second kappa shape index (κ2) is 7.29. The molecule has 0 bridgehead atoms. The first-order valence-corrected chi connectivity index (χ1v) is 7.32. The van der Waals surface area contributed by atoms with Crippen molar-refractivity contribution in [3.05, 3.63) is 29.8 Å². The predicted octanol–water partition coefficient (Wildman–Crippen LogP) is 1.93. The molecule has 0 atom stereocenters. The minimum Gasteiger partial charge on any atom is -0.492 e. The van der Waals surface area contributed by atoms with Crippen LogP contribution in [0.5, 0.6) is 5.75 Å². The third-order valence-corrected chi connectivity index (χ3v) is 3.70. The van der Waals surface area contributed by atoms with Crippen LogP contribution in [0.1, 0.15) is 18.9 Å². The Morgan fingerprint density at radius 3 is 2.85 bits per heavy atom. The summed E-state index contributed by atoms with van der Waals surface area (Å²) < 4.78 is 5.78. The van der Waals surface area contributed by atoms with Crippen molar-refractivity contribution >= 4 is 5.91 Å². The molecule has 4 nitrogen and oxygen atoms in total. The van der Waals surface area contributed by atoms with E-state index in [1.165, 1.54) is 5.56 Å². The smallest absolute Gasteiger partial charge is 0.219 e. The van der Waals surface area contributed by atoms with Crippen molar-refractivity contribution < 1.29 is 9.53 Å². The van der Waals surface area contributed by atoms with Gasteiger partial charge in [0.2, 0.25) is 5.91 Å². The van der Waals surface area contributed by atoms with Crippen LogP contribution < -0.4 is 4.74 Å². The quantitative estimate of drug-likeness (QED) is 0.842. The molecule has 0 aromatic heterocycles. The van der Waals surface area contributed by atoms with Crippen molar-refractivity contribution in [2.75, 3.05) is 39.3 Å². The van der Waals surface area contributed by atoms with Crippen molar-refractivity contribution in [3.63, 3.8) is 0 Å². The van der Waals surface area contributed by atoms with Crippen molar-refractivity contribution in [1.29, 1.82) is 0 Å². The van der Waals surface area contributed by atoms with E-state index >= 15 is 0 Å². The van der Waals surface area contributed by atoms with E-state index in [4.69, 9.17) is 4.74 Å². The summed E-state index contributed by atoms with van der Waals surface area (Å²) >= 11 is 0. The van der Waals surface area contributed by atoms with E-state index in [1.54, 1.807) is 6.92 Å². The van der Waals surface area contributed by atoms with Gasteiger partial charge in [-0.25, -0.2) is 0 Å². The summed E-state index contributed by atoms with van der Waals surface area (Å²) in [6.45, 7) is 9.03. The predicted molar refractivity (Wildman–Crippen MR) is 80.0 cm³/mol. The molecule has 1 aliphatic rings. The van der Waals surface area contributed by atoms with Crippen molar-refractivity contribution in [2.45, 2.75) is 20.3 Å². The number of amides is 1. The summed E-state index contributed by atoms with van der Waals surface area (Å²) in [4.78, 5) is 15.7. The molecular formula is C16H24N2O2. The van der Waals surface area contributed by atoms with Gasteiger partial charge in [0.1, 0.15) is 12.4 Å². The summed E-state index contributed by atoms with van der Waals surface area (Å²) in [5.74, 6) is 1.12. The third kappa shape index (κ3) is 4.53. The molecule has 20 heavy (non-hydrogen) atoms. The molecule has 0 unspecified atom stereocenters. The molecule has 1 aromatic carbocycles. The molecule has 0 spiro atoms. The standard InChI is InChI=1S/C16H24N2O2/c1-14-5-3-6-16(13-14)20-12-11-17-7-4-8-18(10-9-17)15(2)19/h3,5-6,13H,4,7-12H2,1-2H3. The average molecular weight is 276 g/mol. The first kappa shape index (κ1) is 14.9. The Morgan fingerprint density at radius 2 is 2.10 bits per heavy atom. The molecule has 1 aromatic rings. The molecule has 1 amide bonds. The highest BCUT2D eigenvalue weighted by Crippen LogP contribution is 2.12. The average Bonchev–Trinajstić information content (AvgIpc) is 2.64. The number of hydrogen-bond acceptors (Lipinski definition) is 3. The van der Waals surface area contributed by atoms with Crippen LogP contribution in [-0.4, -0.2) is 55.0 Å². The van der Waals surface area contributed by atoms with Crippen LogP contribution >= 0.6 is 0 Å². The van der Waals surface area contributed by atoms with Gasteiger partial charge in [-0.05, 0) is 31.0 Å². The van der Waals surface area contributed by atoms with Crippen LogP contribution in [0.25, 0.3) is 0 Å². The number of rotatable bonds is 4. The van der Waals surface area contributed by atoms with E-state index < -0.39 is 0 Å². The molecule has 2 rings (SSSR count). The Morgan fingerprint density at radius 1 is 1.25 bits per heavy atom. The lowest BCUT2D eigenvalue weighted by Gasteiger charge is -2.21. The molecular weight excluding hydrogens is 252 g/mol. The maximum atomic E-state index is 11.4. The van der Waals surface area contributed by atoms with Crippen LogP contribution in [0.2, 0.25) is 0 Å². The molecule has 110 valence electrons. The number of hydrogen-bond donors (Lipinski definition) is 0. The number of carbonyl (C=O) groups excluding carboxylic acids is 1. The van der Waals surface area contributed by atoms with Gasteiger partial charge >= 0.3 is 0 Å². The van der Waals surface area contributed by atoms with Gasteiger partial charge in [-0.2, -0.15) is 0 Å². The second-order valence-corrected chi connectivity index (χ2v) is 5.37. The fourth-order valence-corrected chi connectivity index (χ4v) is 2.51. The fraction of sp³-hybridized carbons (Fsp3) is 0.562. The largest absolute Gasteiger partial charge is 0.492 e. The highest BCUT2D eigenvalue weighted by Gasteiger charge is 2.16. The van der Waals surface area contributed by atoms with Gasteiger partial charge < -0.3 is 9.64 Å². The minimum atomic E-state index is 0.183. The van der Waals surface area contributed by atoms with E-state index in [-0.39, 0.29) is 5.91 Å². The summed E-state index contributed by atoms with van der Waals surface area (Å²) in [6.07, 6.45) is 1.05. The van der Waals surface area contributed by atoms with Crippen LogP contribution in [0.15, 0.2) is 24.3 Å². The topological polar surface area (TPSA) is 32.8 Å². The molecule has 4 heteroatoms. The lowest BCUT2D eigenvalue weighted by Crippen LogP contribution is -2.35. The highest BCUT2D eigenvalue weighted by molar-refractivity contribution is 5.73. The van der Waals surface area contributed by atoms with Crippen LogP contribution in [-0.2, 0) is 4.79 Å². The van der Waals surface area contributed by atoms with Gasteiger partial charge in [0.05, 0.1) is 0 Å². The fourth-order valence-electron chi connectivity index (χ4n) is 2.51. The lowest BCUT2D eigenvalue weighted by atomic mass is 10.2. The summed E-state index contributed by atoms with van der Waals surface area (Å²) in [6, 6.07) is 8.13. The SMILES string of the molecule is CC(=O)N1CCCN(CCOc2cccc(C)c2)CC1. The van der Waals surface area contributed by atoms with Gasteiger partial charge in [0, 0.05) is 39.6 Å². The van der Waals surface area contributed by atoms with Crippen molar-refractivity contribution in [1.82, 2.24) is 9.80 Å². The summed E-state index contributed by atoms with van der Waals surface area (Å²) in [5.41, 5.74) is 1.22. The first-order valence-electron chi connectivity index (χ1n) is 7.32. The van der Waals surface area contributed by atoms with E-state index in [0.717, 1.165) is 44.9 Å². The molecule has 0 radical (unpaired) electrons. The Kier molecular flexibility index (Phi) is 5.41. The molecule has 0 saturated carbocycles. The third-order valence-electron chi connectivity index (χ3n) is 3.70. The van der Waals surface area contributed by atoms with Crippen molar-refractivity contribution in [2.24, 2.45) is 0 Å². The van der Waals surface area contributed by atoms with E-state index in [0.29, 0.717) is 6.61 Å². The normalized spacial score (nSPS) is 16.8. The van der Waals surface area contributed by atoms with E-state index in [2.05, 4.69) is 24.0 Å². The number of aryl methyl sites for hydroxylation is 1. The number of benzene rings is 1. The summed E-state index contributed by atoms with van der Waals surface area (Å²) in [5, 5.41) is 0. The van der Waals surface area contributed by atoms with Gasteiger partial charge in [-0.1, -0.05) is 12.1 Å². The van der Waals surface area contributed by atoms with Gasteiger partial charge in [0.25, 0.3) is 0 Å². The Hall–Kier alpha value is -1.55. The monoisotopic (exact) mass is 276 g/mol. The maximum absolute atomic E-state index is 11.4. The Labute approximate surface area is 121 Å². The number of nitrogens with zero attached hydrogens (tertiary/aromatic N) is 2. The van der Waals surface area contributed by atoms with Gasteiger partial charge in [-0.3, -0.25) is 9.69 Å². The summed E-state index contributed by atoms with van der Waals surface area (Å²) in [7, 11) is 0. The van der Waals surface area contributed by atoms with Crippen LogP contribution in [0.3, 0.4) is 0 Å². The maximum Gasteiger partial charge on any atom is 0.219 e. The Bertz CT molecular complexity index is 448.